The topological polar surface area (TPSA) is 107 Å². The smallest absolute Gasteiger partial charge is 0.241 e. The minimum Gasteiger partial charge on any atom is -0.504 e. The van der Waals surface area contributed by atoms with Crippen LogP contribution in [0.5, 0.6) is 28.7 Å². The van der Waals surface area contributed by atoms with Crippen LogP contribution in [0.4, 0.5) is 0 Å². The molecule has 0 aromatic heterocycles. The molecule has 3 aromatic carbocycles. The number of aromatic hydroxyl groups is 1. The second-order valence-corrected chi connectivity index (χ2v) is 12.4. The standard InChI is InChI=1S/C34H37BrN2O8/c1-16-25(35)19-13-20-34(40)37-21(15-45-14-18-11-9-8-10-12-18)23-24(30(41-4)17(2)32(43-6)33(23)44-7)28(38)27(37)26(36(20)3)22(19)29(39)31(16)42-5/h8-12,20-21,26-27,39H,13-15H2,1-7H3/t20?,21-,26?,27?/m0/s1. The van der Waals surface area contributed by atoms with Crippen molar-refractivity contribution in [3.63, 3.8) is 0 Å². The molecular weight excluding hydrogens is 644 g/mol. The summed E-state index contributed by atoms with van der Waals surface area (Å²) in [5.41, 5.74) is 4.44. The molecule has 0 spiro atoms. The van der Waals surface area contributed by atoms with E-state index in [1.807, 2.05) is 56.1 Å². The third-order valence-corrected chi connectivity index (χ3v) is 10.6. The molecule has 238 valence electrons. The van der Waals surface area contributed by atoms with Gasteiger partial charge in [0.2, 0.25) is 5.91 Å². The number of carbonyl (C=O) groups excluding carboxylic acids is 2. The molecule has 3 aliphatic heterocycles. The lowest BCUT2D eigenvalue weighted by molar-refractivity contribution is -0.156. The maximum atomic E-state index is 14.9. The summed E-state index contributed by atoms with van der Waals surface area (Å²) >= 11 is 3.71. The summed E-state index contributed by atoms with van der Waals surface area (Å²) in [5, 5.41) is 11.7. The number of benzene rings is 3. The van der Waals surface area contributed by atoms with Crippen LogP contribution in [-0.4, -0.2) is 80.8 Å². The minimum atomic E-state index is -1.01. The van der Waals surface area contributed by atoms with Crippen LogP contribution in [0.1, 0.15) is 55.8 Å². The summed E-state index contributed by atoms with van der Waals surface area (Å²) in [6, 6.07) is 6.74. The van der Waals surface area contributed by atoms with E-state index in [1.165, 1.54) is 28.4 Å². The number of ether oxygens (including phenoxy) is 5. The van der Waals surface area contributed by atoms with Gasteiger partial charge in [0.05, 0.1) is 65.3 Å². The third kappa shape index (κ3) is 4.50. The van der Waals surface area contributed by atoms with Crippen molar-refractivity contribution < 1.29 is 38.4 Å². The van der Waals surface area contributed by atoms with Gasteiger partial charge in [-0.1, -0.05) is 46.3 Å². The highest BCUT2D eigenvalue weighted by Gasteiger charge is 2.59. The average Bonchev–Trinajstić information content (AvgIpc) is 3.03. The average molecular weight is 682 g/mol. The van der Waals surface area contributed by atoms with E-state index < -0.39 is 24.2 Å². The van der Waals surface area contributed by atoms with Crippen LogP contribution in [0.25, 0.3) is 0 Å². The second kappa shape index (κ2) is 11.9. The summed E-state index contributed by atoms with van der Waals surface area (Å²) < 4.78 is 30.3. The van der Waals surface area contributed by atoms with Crippen LogP contribution in [-0.2, 0) is 22.6 Å². The van der Waals surface area contributed by atoms with Crippen molar-refractivity contribution in [2.75, 3.05) is 42.1 Å². The first-order valence-electron chi connectivity index (χ1n) is 14.7. The van der Waals surface area contributed by atoms with Gasteiger partial charge in [-0.25, -0.2) is 0 Å². The van der Waals surface area contributed by atoms with Crippen molar-refractivity contribution in [1.82, 2.24) is 9.80 Å². The number of methoxy groups -OCH3 is 4. The normalized spacial score (nSPS) is 22.0. The Morgan fingerprint density at radius 2 is 1.51 bits per heavy atom. The van der Waals surface area contributed by atoms with Gasteiger partial charge in [-0.05, 0) is 38.4 Å². The quantitative estimate of drug-likeness (QED) is 0.349. The minimum absolute atomic E-state index is 0.0382. The van der Waals surface area contributed by atoms with Crippen molar-refractivity contribution in [3.05, 3.63) is 73.7 Å². The fourth-order valence-electron chi connectivity index (χ4n) is 7.51. The van der Waals surface area contributed by atoms with Gasteiger partial charge in [0.15, 0.2) is 28.8 Å². The number of amides is 1. The lowest BCUT2D eigenvalue weighted by atomic mass is 9.73. The van der Waals surface area contributed by atoms with Gasteiger partial charge in [0, 0.05) is 26.7 Å². The Morgan fingerprint density at radius 1 is 0.867 bits per heavy atom. The molecule has 0 aliphatic carbocycles. The number of nitrogens with zero attached hydrogens (tertiary/aromatic N) is 2. The number of carbonyl (C=O) groups is 2. The molecule has 3 aliphatic rings. The van der Waals surface area contributed by atoms with Gasteiger partial charge >= 0.3 is 0 Å². The molecule has 1 saturated heterocycles. The Balaban J connectivity index is 1.60. The van der Waals surface area contributed by atoms with Crippen LogP contribution in [0, 0.1) is 13.8 Å². The van der Waals surface area contributed by atoms with E-state index in [4.69, 9.17) is 23.7 Å². The Kier molecular flexibility index (Phi) is 8.21. The van der Waals surface area contributed by atoms with E-state index >= 15 is 0 Å². The molecule has 11 heteroatoms. The number of hydrogen-bond donors (Lipinski definition) is 1. The van der Waals surface area contributed by atoms with E-state index in [-0.39, 0.29) is 24.0 Å². The maximum absolute atomic E-state index is 14.9. The summed E-state index contributed by atoms with van der Waals surface area (Å²) in [7, 11) is 7.89. The van der Waals surface area contributed by atoms with E-state index in [1.54, 1.807) is 4.90 Å². The Bertz CT molecular complexity index is 1690. The predicted octanol–water partition coefficient (Wildman–Crippen LogP) is 5.07. The molecule has 0 saturated carbocycles. The summed E-state index contributed by atoms with van der Waals surface area (Å²) in [6.45, 7) is 4.03. The molecule has 4 atom stereocenters. The number of hydrogen-bond acceptors (Lipinski definition) is 9. The number of ketones is 1. The molecule has 3 unspecified atom stereocenters. The van der Waals surface area contributed by atoms with Gasteiger partial charge in [-0.15, -0.1) is 0 Å². The first-order chi connectivity index (χ1) is 21.6. The number of fused-ring (bicyclic) bond motifs is 7. The van der Waals surface area contributed by atoms with Crippen LogP contribution < -0.4 is 18.9 Å². The SMILES string of the molecule is COc1c(C)c(Br)c2c(c1O)C1C3C(=O)c4c(OC)c(C)c(OC)c(OC)c4[C@H](COCc4ccccc4)N3C(=O)C(C2)N1C. The van der Waals surface area contributed by atoms with Gasteiger partial charge in [-0.3, -0.25) is 14.5 Å². The van der Waals surface area contributed by atoms with E-state index in [0.717, 1.165) is 21.2 Å². The Hall–Kier alpha value is -3.80. The zero-order chi connectivity index (χ0) is 32.3. The third-order valence-electron chi connectivity index (χ3n) is 9.51. The molecule has 2 bridgehead atoms. The molecule has 3 heterocycles. The fourth-order valence-corrected chi connectivity index (χ4v) is 8.06. The first kappa shape index (κ1) is 31.2. The molecule has 6 rings (SSSR count). The van der Waals surface area contributed by atoms with Crippen LogP contribution in [0.2, 0.25) is 0 Å². The van der Waals surface area contributed by atoms with Crippen molar-refractivity contribution >= 4 is 27.6 Å². The highest BCUT2D eigenvalue weighted by atomic mass is 79.9. The van der Waals surface area contributed by atoms with E-state index in [2.05, 4.69) is 15.9 Å². The van der Waals surface area contributed by atoms with E-state index in [0.29, 0.717) is 58.3 Å². The summed E-state index contributed by atoms with van der Waals surface area (Å²) in [5.74, 6) is 0.868. The molecule has 1 fully saturated rings. The number of Topliss-reactive ketones (excluding diaryl/α,β-unsaturated/α-hetero) is 1. The highest BCUT2D eigenvalue weighted by Crippen LogP contribution is 2.57. The Morgan fingerprint density at radius 3 is 2.13 bits per heavy atom. The van der Waals surface area contributed by atoms with Crippen molar-refractivity contribution in [1.29, 1.82) is 0 Å². The van der Waals surface area contributed by atoms with Gasteiger partial charge in [0.1, 0.15) is 11.8 Å². The zero-order valence-electron chi connectivity index (χ0n) is 26.4. The van der Waals surface area contributed by atoms with Crippen LogP contribution in [0.15, 0.2) is 34.8 Å². The number of phenols is 1. The number of phenolic OH excluding ortho intramolecular Hbond substituents is 1. The van der Waals surface area contributed by atoms with Gasteiger partial charge in [-0.2, -0.15) is 0 Å². The molecule has 45 heavy (non-hydrogen) atoms. The van der Waals surface area contributed by atoms with Gasteiger partial charge < -0.3 is 33.7 Å². The number of piperazine rings is 1. The second-order valence-electron chi connectivity index (χ2n) is 11.6. The molecule has 0 radical (unpaired) electrons. The predicted molar refractivity (Wildman–Crippen MR) is 170 cm³/mol. The molecule has 1 amide bonds. The maximum Gasteiger partial charge on any atom is 0.241 e. The summed E-state index contributed by atoms with van der Waals surface area (Å²) in [4.78, 5) is 33.1. The number of rotatable bonds is 8. The Labute approximate surface area is 270 Å². The molecular formula is C34H37BrN2O8. The first-order valence-corrected chi connectivity index (χ1v) is 15.5. The van der Waals surface area contributed by atoms with Crippen molar-refractivity contribution in [2.24, 2.45) is 0 Å². The van der Waals surface area contributed by atoms with E-state index in [9.17, 15) is 14.7 Å². The fraction of sp³-hybridized carbons (Fsp3) is 0.412. The lowest BCUT2D eigenvalue weighted by Gasteiger charge is -2.56. The highest BCUT2D eigenvalue weighted by molar-refractivity contribution is 9.10. The van der Waals surface area contributed by atoms with Crippen molar-refractivity contribution in [2.45, 2.75) is 51.0 Å². The van der Waals surface area contributed by atoms with Crippen LogP contribution >= 0.6 is 15.9 Å². The zero-order valence-corrected chi connectivity index (χ0v) is 28.0. The molecule has 1 N–H and O–H groups in total. The molecule has 10 nitrogen and oxygen atoms in total. The van der Waals surface area contributed by atoms with Crippen LogP contribution in [0.3, 0.4) is 0 Å². The van der Waals surface area contributed by atoms with Crippen molar-refractivity contribution in [3.8, 4) is 28.7 Å². The monoisotopic (exact) mass is 680 g/mol. The largest absolute Gasteiger partial charge is 0.504 e. The lowest BCUT2D eigenvalue weighted by Crippen LogP contribution is -2.68. The number of likely N-dealkylation sites (N-methyl/N-ethyl adjacent to an activating group) is 1. The molecule has 3 aromatic rings. The van der Waals surface area contributed by atoms with Gasteiger partial charge in [0.25, 0.3) is 0 Å². The number of halogens is 1. The summed E-state index contributed by atoms with van der Waals surface area (Å²) in [6.07, 6.45) is 0.333.